The Bertz CT molecular complexity index is 1970. The van der Waals surface area contributed by atoms with Crippen molar-refractivity contribution in [1.29, 1.82) is 0 Å². The SMILES string of the molecule is C[C@@H]1O[C@@H](O[C@H]2[C@H](O[C@@H]3C[C@H](O)CC4=CC[C@H]5[C@@H]6C[C@@H]7O[C@]8(CC[C@@](C)(CO[C@@H]9O[C@H](CO)[C@@H](O)[C@H](O)[C@H]9O)O8)[C@@H](C)[C@@H]7[C@@]6(C)CC[C@@H]5[C@]43C)O[C@H](CO)[C@@H](O)[C@@H]2O[C@@H]2OC[C@@H](O)[C@H](O)[C@H]2O)[C@H](O)[C@H](O)[C@H]1O. The van der Waals surface area contributed by atoms with Gasteiger partial charge < -0.3 is 114 Å². The first-order valence-corrected chi connectivity index (χ1v) is 26.4. The minimum atomic E-state index is -1.82. The Balaban J connectivity index is 0.884. The lowest BCUT2D eigenvalue weighted by Gasteiger charge is -2.60. The molecule has 73 heavy (non-hydrogen) atoms. The molecular formula is C50H80O23. The van der Waals surface area contributed by atoms with E-state index in [0.717, 1.165) is 31.3 Å². The summed E-state index contributed by atoms with van der Waals surface area (Å²) in [5.74, 6) is -0.318. The van der Waals surface area contributed by atoms with Crippen molar-refractivity contribution in [3.05, 3.63) is 11.6 Å². The van der Waals surface area contributed by atoms with Crippen molar-refractivity contribution in [3.63, 3.8) is 0 Å². The van der Waals surface area contributed by atoms with Crippen molar-refractivity contribution < 1.29 is 114 Å². The number of hydrogen-bond acceptors (Lipinski definition) is 23. The highest BCUT2D eigenvalue weighted by Crippen LogP contribution is 2.71. The van der Waals surface area contributed by atoms with Crippen LogP contribution < -0.4 is 0 Å². The molecule has 23 heteroatoms. The zero-order valence-corrected chi connectivity index (χ0v) is 42.0. The maximum atomic E-state index is 11.7. The third kappa shape index (κ3) is 9.21. The quantitative estimate of drug-likeness (QED) is 0.0905. The molecule has 6 saturated heterocycles. The molecule has 23 nitrogen and oxygen atoms in total. The predicted molar refractivity (Wildman–Crippen MR) is 244 cm³/mol. The Morgan fingerprint density at radius 2 is 1.30 bits per heavy atom. The van der Waals surface area contributed by atoms with Gasteiger partial charge in [-0.15, -0.1) is 0 Å². The van der Waals surface area contributed by atoms with Crippen LogP contribution in [0.5, 0.6) is 0 Å². The smallest absolute Gasteiger partial charge is 0.187 e. The van der Waals surface area contributed by atoms with Gasteiger partial charge in [-0.1, -0.05) is 32.4 Å². The number of rotatable bonds is 11. The van der Waals surface area contributed by atoms with Crippen LogP contribution in [-0.2, 0) is 47.4 Å². The van der Waals surface area contributed by atoms with Crippen LogP contribution in [0.1, 0.15) is 86.0 Å². The fraction of sp³-hybridized carbons (Fsp3) is 0.960. The van der Waals surface area contributed by atoms with E-state index in [1.165, 1.54) is 6.92 Å². The van der Waals surface area contributed by atoms with E-state index in [9.17, 15) is 66.4 Å². The monoisotopic (exact) mass is 1050 g/mol. The van der Waals surface area contributed by atoms with Gasteiger partial charge in [0.25, 0.3) is 0 Å². The van der Waals surface area contributed by atoms with E-state index < -0.39 is 166 Å². The fourth-order valence-corrected chi connectivity index (χ4v) is 15.4. The molecular weight excluding hydrogens is 969 g/mol. The molecule has 0 unspecified atom stereocenters. The normalized spacial score (nSPS) is 58.0. The first-order valence-electron chi connectivity index (χ1n) is 26.4. The van der Waals surface area contributed by atoms with Gasteiger partial charge >= 0.3 is 0 Å². The van der Waals surface area contributed by atoms with Crippen molar-refractivity contribution in [2.75, 3.05) is 26.4 Å². The van der Waals surface area contributed by atoms with Gasteiger partial charge in [0.05, 0.1) is 56.4 Å². The molecule has 0 aromatic carbocycles. The number of ether oxygens (including phenoxy) is 10. The van der Waals surface area contributed by atoms with Crippen LogP contribution in [0.25, 0.3) is 0 Å². The van der Waals surface area contributed by atoms with Crippen molar-refractivity contribution in [2.24, 2.45) is 40.4 Å². The van der Waals surface area contributed by atoms with Crippen molar-refractivity contribution in [1.82, 2.24) is 0 Å². The number of aliphatic hydroxyl groups is 13. The second-order valence-corrected chi connectivity index (χ2v) is 23.8. The summed E-state index contributed by atoms with van der Waals surface area (Å²) in [6, 6.07) is 0. The molecule has 0 radical (unpaired) electrons. The van der Waals surface area contributed by atoms with E-state index in [4.69, 9.17) is 47.4 Å². The van der Waals surface area contributed by atoms with Gasteiger partial charge in [0.1, 0.15) is 85.5 Å². The molecule has 3 saturated carbocycles. The van der Waals surface area contributed by atoms with E-state index in [1.54, 1.807) is 0 Å². The minimum Gasteiger partial charge on any atom is -0.394 e. The molecule has 6 aliphatic heterocycles. The lowest BCUT2D eigenvalue weighted by Crippen LogP contribution is -2.67. The molecule has 0 bridgehead atoms. The Morgan fingerprint density at radius 1 is 0.644 bits per heavy atom. The fourth-order valence-electron chi connectivity index (χ4n) is 15.4. The number of aliphatic hydroxyl groups excluding tert-OH is 13. The lowest BCUT2D eigenvalue weighted by molar-refractivity contribution is -0.393. The van der Waals surface area contributed by atoms with Crippen molar-refractivity contribution in [2.45, 2.75) is 232 Å². The van der Waals surface area contributed by atoms with Crippen molar-refractivity contribution in [3.8, 4) is 0 Å². The maximum Gasteiger partial charge on any atom is 0.187 e. The van der Waals surface area contributed by atoms with Crippen LogP contribution in [0.15, 0.2) is 11.6 Å². The summed E-state index contributed by atoms with van der Waals surface area (Å²) in [7, 11) is 0. The van der Waals surface area contributed by atoms with E-state index in [0.29, 0.717) is 19.3 Å². The van der Waals surface area contributed by atoms with E-state index in [-0.39, 0.29) is 54.1 Å². The topological polar surface area (TPSA) is 355 Å². The van der Waals surface area contributed by atoms with E-state index >= 15 is 0 Å². The van der Waals surface area contributed by atoms with E-state index in [1.807, 2.05) is 6.92 Å². The van der Waals surface area contributed by atoms with Crippen LogP contribution in [-0.4, -0.2) is 239 Å². The molecule has 4 aliphatic carbocycles. The molecule has 0 amide bonds. The summed E-state index contributed by atoms with van der Waals surface area (Å²) < 4.78 is 62.9. The highest BCUT2D eigenvalue weighted by Gasteiger charge is 2.71. The minimum absolute atomic E-state index is 0.00134. The Morgan fingerprint density at radius 3 is 2.03 bits per heavy atom. The largest absolute Gasteiger partial charge is 0.394 e. The number of allylic oxidation sites excluding steroid dienone is 1. The Hall–Kier alpha value is -1.18. The van der Waals surface area contributed by atoms with Crippen LogP contribution in [0, 0.1) is 40.4 Å². The Kier molecular flexibility index (Phi) is 15.5. The molecule has 10 aliphatic rings. The first-order chi connectivity index (χ1) is 34.5. The summed E-state index contributed by atoms with van der Waals surface area (Å²) in [4.78, 5) is 0. The van der Waals surface area contributed by atoms with Gasteiger partial charge in [-0.25, -0.2) is 0 Å². The third-order valence-corrected chi connectivity index (χ3v) is 19.6. The lowest BCUT2D eigenvalue weighted by atomic mass is 9.46. The molecule has 1 spiro atoms. The second kappa shape index (κ2) is 20.5. The third-order valence-electron chi connectivity index (χ3n) is 19.6. The average Bonchev–Trinajstić information content (AvgIpc) is 3.96. The maximum absolute atomic E-state index is 11.7. The van der Waals surface area contributed by atoms with Gasteiger partial charge in [0.2, 0.25) is 0 Å². The van der Waals surface area contributed by atoms with Crippen LogP contribution >= 0.6 is 0 Å². The molecule has 9 fully saturated rings. The van der Waals surface area contributed by atoms with Crippen molar-refractivity contribution >= 4 is 0 Å². The van der Waals surface area contributed by atoms with Gasteiger partial charge in [-0.05, 0) is 81.5 Å². The highest BCUT2D eigenvalue weighted by molar-refractivity contribution is 5.29. The molecule has 31 atom stereocenters. The van der Waals surface area contributed by atoms with Gasteiger partial charge in [0, 0.05) is 24.2 Å². The standard InChI is InChI=1S/C50H80O23/c1-19-31-27(72-50(19)11-10-47(3,73-50)18-65-44-39(62)37(60)34(57)28(15-51)67-44)14-25-23-7-6-21-12-22(53)13-30(49(21,5)24(23)8-9-48(25,31)4)69-46-42(71-45-40(63)36(59)32(55)20(2)66-45)41(35(58)29(16-52)68-46)70-43-38(61)33(56)26(54)17-64-43/h6,19-20,22-46,51-63H,7-18H2,1-5H3/t19-,20-,22+,23+,24-,25-,26+,27-,28+,29+,30+,31-,32-,33-,34+,35+,36+,37-,38+,39+,40+,41-,42+,43-,44+,45-,46-,47-,48-,49-,50-/m0/s1. The second-order valence-electron chi connectivity index (χ2n) is 23.8. The number of fused-ring (bicyclic) bond motifs is 7. The molecule has 6 heterocycles. The molecule has 0 aromatic rings. The zero-order valence-electron chi connectivity index (χ0n) is 42.0. The summed E-state index contributed by atoms with van der Waals surface area (Å²) >= 11 is 0. The van der Waals surface area contributed by atoms with Gasteiger partial charge in [-0.3, -0.25) is 0 Å². The molecule has 0 aromatic heterocycles. The molecule has 418 valence electrons. The first kappa shape index (κ1) is 55.1. The predicted octanol–water partition coefficient (Wildman–Crippen LogP) is -3.24. The average molecular weight is 1050 g/mol. The van der Waals surface area contributed by atoms with Gasteiger partial charge in [0.15, 0.2) is 30.9 Å². The summed E-state index contributed by atoms with van der Waals surface area (Å²) in [5.41, 5.74) is -0.656. The molecule has 10 rings (SSSR count). The van der Waals surface area contributed by atoms with Crippen LogP contribution in [0.4, 0.5) is 0 Å². The van der Waals surface area contributed by atoms with Crippen LogP contribution in [0.2, 0.25) is 0 Å². The summed E-state index contributed by atoms with van der Waals surface area (Å²) in [5, 5.41) is 139. The van der Waals surface area contributed by atoms with Crippen LogP contribution in [0.3, 0.4) is 0 Å². The summed E-state index contributed by atoms with van der Waals surface area (Å²) in [6.07, 6.45) is -23.6. The molecule has 13 N–H and O–H groups in total. The Labute approximate surface area is 423 Å². The number of hydrogen-bond donors (Lipinski definition) is 13. The highest BCUT2D eigenvalue weighted by atomic mass is 16.8. The van der Waals surface area contributed by atoms with Gasteiger partial charge in [-0.2, -0.15) is 0 Å². The summed E-state index contributed by atoms with van der Waals surface area (Å²) in [6.45, 7) is 8.36. The van der Waals surface area contributed by atoms with E-state index in [2.05, 4.69) is 26.8 Å². The zero-order chi connectivity index (χ0) is 52.4.